The lowest BCUT2D eigenvalue weighted by Gasteiger charge is -2.30. The average Bonchev–Trinajstić information content (AvgIpc) is 3.44. The van der Waals surface area contributed by atoms with E-state index in [2.05, 4.69) is 87.6 Å². The molecule has 0 aromatic heterocycles. The molecule has 3 unspecified atom stereocenters. The molecule has 2 aromatic carbocycles. The third-order valence-corrected chi connectivity index (χ3v) is 7.57. The van der Waals surface area contributed by atoms with Gasteiger partial charge in [-0.3, -0.25) is 0 Å². The van der Waals surface area contributed by atoms with E-state index in [1.165, 1.54) is 22.4 Å². The van der Waals surface area contributed by atoms with E-state index in [9.17, 15) is 0 Å². The van der Waals surface area contributed by atoms with Crippen LogP contribution >= 0.6 is 11.8 Å². The normalized spacial score (nSPS) is 21.3. The highest BCUT2D eigenvalue weighted by molar-refractivity contribution is 7.99. The Labute approximate surface area is 191 Å². The number of fused-ring (bicyclic) bond motifs is 3. The molecule has 2 aromatic rings. The van der Waals surface area contributed by atoms with Crippen LogP contribution in [0.1, 0.15) is 64.0 Å². The first-order chi connectivity index (χ1) is 14.9. The van der Waals surface area contributed by atoms with E-state index >= 15 is 0 Å². The van der Waals surface area contributed by atoms with E-state index in [0.717, 1.165) is 30.9 Å². The van der Waals surface area contributed by atoms with Crippen LogP contribution in [0.2, 0.25) is 0 Å². The molecule has 1 saturated carbocycles. The predicted molar refractivity (Wildman–Crippen MR) is 130 cm³/mol. The number of para-hydroxylation sites is 1. The fraction of sp³-hybridized carbons (Fsp3) is 0.481. The average molecular weight is 438 g/mol. The molecular formula is C27H35NO2S. The number of ether oxygens (including phenoxy) is 2. The first-order valence-electron chi connectivity index (χ1n) is 11.5. The van der Waals surface area contributed by atoms with Crippen LogP contribution in [0.4, 0.5) is 0 Å². The molecule has 31 heavy (non-hydrogen) atoms. The van der Waals surface area contributed by atoms with E-state index in [-0.39, 0.29) is 11.1 Å². The highest BCUT2D eigenvalue weighted by atomic mass is 32.2. The topological polar surface area (TPSA) is 30.5 Å². The molecule has 1 N–H and O–H groups in total. The summed E-state index contributed by atoms with van der Waals surface area (Å²) < 4.78 is 12.5. The third kappa shape index (κ3) is 5.30. The minimum absolute atomic E-state index is 0.0787. The molecule has 0 radical (unpaired) electrons. The molecule has 4 rings (SSSR count). The van der Waals surface area contributed by atoms with E-state index < -0.39 is 0 Å². The summed E-state index contributed by atoms with van der Waals surface area (Å²) in [5, 5.41) is 3.64. The van der Waals surface area contributed by atoms with Crippen molar-refractivity contribution in [1.29, 1.82) is 0 Å². The zero-order chi connectivity index (χ0) is 21.9. The quantitative estimate of drug-likeness (QED) is 0.315. The Morgan fingerprint density at radius 1 is 1.13 bits per heavy atom. The summed E-state index contributed by atoms with van der Waals surface area (Å²) in [6.45, 7) is 9.65. The molecule has 1 aliphatic carbocycles. The van der Waals surface area contributed by atoms with E-state index in [4.69, 9.17) is 9.47 Å². The zero-order valence-corrected chi connectivity index (χ0v) is 20.0. The van der Waals surface area contributed by atoms with Crippen LogP contribution in [0.25, 0.3) is 0 Å². The lowest BCUT2D eigenvalue weighted by Crippen LogP contribution is -2.39. The largest absolute Gasteiger partial charge is 0.491 e. The van der Waals surface area contributed by atoms with Gasteiger partial charge in [-0.05, 0) is 64.0 Å². The predicted octanol–water partition coefficient (Wildman–Crippen LogP) is 6.64. The maximum atomic E-state index is 6.29. The number of nitrogens with one attached hydrogen (secondary N) is 1. The molecule has 0 amide bonds. The Bertz CT molecular complexity index is 911. The van der Waals surface area contributed by atoms with Crippen LogP contribution in [0.3, 0.4) is 0 Å². The second kappa shape index (κ2) is 9.30. The van der Waals surface area contributed by atoms with E-state index in [1.807, 2.05) is 18.0 Å². The summed E-state index contributed by atoms with van der Waals surface area (Å²) >= 11 is 1.91. The SMILES string of the molecule is CCC(C)(OC=CCNC(C)(C)CCSc1ccccc1)c1cccc2c1OC1CC21. The van der Waals surface area contributed by atoms with Gasteiger partial charge in [0.05, 0.1) is 6.26 Å². The smallest absolute Gasteiger partial charge is 0.134 e. The fourth-order valence-electron chi connectivity index (χ4n) is 4.12. The number of rotatable bonds is 11. The first kappa shape index (κ1) is 22.3. The summed E-state index contributed by atoms with van der Waals surface area (Å²) in [6.07, 6.45) is 7.51. The van der Waals surface area contributed by atoms with Gasteiger partial charge < -0.3 is 14.8 Å². The van der Waals surface area contributed by atoms with Crippen LogP contribution in [0.15, 0.2) is 65.8 Å². The van der Waals surface area contributed by atoms with Crippen molar-refractivity contribution < 1.29 is 9.47 Å². The third-order valence-electron chi connectivity index (χ3n) is 6.55. The van der Waals surface area contributed by atoms with Crippen molar-refractivity contribution >= 4 is 11.8 Å². The van der Waals surface area contributed by atoms with Gasteiger partial charge in [-0.25, -0.2) is 0 Å². The van der Waals surface area contributed by atoms with Gasteiger partial charge in [0.2, 0.25) is 0 Å². The summed E-state index contributed by atoms with van der Waals surface area (Å²) in [7, 11) is 0. The van der Waals surface area contributed by atoms with Gasteiger partial charge in [0.1, 0.15) is 17.5 Å². The number of hydrogen-bond acceptors (Lipinski definition) is 4. The molecular weight excluding hydrogens is 402 g/mol. The van der Waals surface area contributed by atoms with Crippen molar-refractivity contribution in [1.82, 2.24) is 5.32 Å². The van der Waals surface area contributed by atoms with Gasteiger partial charge in [0, 0.05) is 34.0 Å². The Hall–Kier alpha value is -1.91. The summed E-state index contributed by atoms with van der Waals surface area (Å²) in [5.74, 6) is 2.77. The van der Waals surface area contributed by atoms with Gasteiger partial charge in [-0.2, -0.15) is 0 Å². The van der Waals surface area contributed by atoms with Crippen molar-refractivity contribution in [3.8, 4) is 5.75 Å². The number of hydrogen-bond donors (Lipinski definition) is 1. The van der Waals surface area contributed by atoms with Crippen LogP contribution in [-0.2, 0) is 10.3 Å². The maximum Gasteiger partial charge on any atom is 0.134 e. The van der Waals surface area contributed by atoms with Crippen molar-refractivity contribution in [3.05, 3.63) is 72.0 Å². The van der Waals surface area contributed by atoms with Gasteiger partial charge in [0.25, 0.3) is 0 Å². The molecule has 1 aliphatic heterocycles. The number of thioether (sulfide) groups is 1. The van der Waals surface area contributed by atoms with Gasteiger partial charge in [-0.15, -0.1) is 11.8 Å². The molecule has 2 aliphatic rings. The highest BCUT2D eigenvalue weighted by Crippen LogP contribution is 2.56. The fourth-order valence-corrected chi connectivity index (χ4v) is 5.32. The van der Waals surface area contributed by atoms with Crippen LogP contribution in [0.5, 0.6) is 5.75 Å². The van der Waals surface area contributed by atoms with Crippen LogP contribution < -0.4 is 10.1 Å². The molecule has 0 saturated heterocycles. The Morgan fingerprint density at radius 3 is 2.71 bits per heavy atom. The molecule has 1 heterocycles. The second-order valence-corrected chi connectivity index (χ2v) is 10.6. The van der Waals surface area contributed by atoms with Crippen molar-refractivity contribution in [2.75, 3.05) is 12.3 Å². The number of benzene rings is 2. The van der Waals surface area contributed by atoms with E-state index in [0.29, 0.717) is 12.0 Å². The van der Waals surface area contributed by atoms with Crippen molar-refractivity contribution in [2.45, 2.75) is 75.0 Å². The van der Waals surface area contributed by atoms with Crippen molar-refractivity contribution in [2.24, 2.45) is 0 Å². The lowest BCUT2D eigenvalue weighted by atomic mass is 9.90. The molecule has 4 heteroatoms. The maximum absolute atomic E-state index is 6.29. The Morgan fingerprint density at radius 2 is 1.94 bits per heavy atom. The van der Waals surface area contributed by atoms with Gasteiger partial charge in [0.15, 0.2) is 0 Å². The summed E-state index contributed by atoms with van der Waals surface area (Å²) in [4.78, 5) is 1.33. The Balaban J connectivity index is 1.26. The Kier molecular flexibility index (Phi) is 6.68. The zero-order valence-electron chi connectivity index (χ0n) is 19.2. The molecule has 0 spiro atoms. The second-order valence-electron chi connectivity index (χ2n) is 9.47. The summed E-state index contributed by atoms with van der Waals surface area (Å²) in [5.41, 5.74) is 2.25. The van der Waals surface area contributed by atoms with Crippen LogP contribution in [0, 0.1) is 0 Å². The lowest BCUT2D eigenvalue weighted by molar-refractivity contribution is 0.0292. The minimum atomic E-state index is -0.375. The standard InChI is InChI=1S/C27H35NO2S/c1-5-27(4,23-14-9-13-21-22-19-24(22)30-25(21)23)29-17-10-16-28-26(2,3)15-18-31-20-11-7-6-8-12-20/h6-14,17,22,24,28H,5,15-16,18-19H2,1-4H3. The molecule has 3 atom stereocenters. The van der Waals surface area contributed by atoms with Crippen molar-refractivity contribution in [3.63, 3.8) is 0 Å². The van der Waals surface area contributed by atoms with E-state index in [1.54, 1.807) is 0 Å². The summed E-state index contributed by atoms with van der Waals surface area (Å²) in [6, 6.07) is 17.1. The monoisotopic (exact) mass is 437 g/mol. The van der Waals surface area contributed by atoms with Crippen LogP contribution in [-0.4, -0.2) is 23.9 Å². The molecule has 3 nitrogen and oxygen atoms in total. The molecule has 166 valence electrons. The molecule has 0 bridgehead atoms. The highest BCUT2D eigenvalue weighted by Gasteiger charge is 2.50. The minimum Gasteiger partial charge on any atom is -0.491 e. The molecule has 1 fully saturated rings. The van der Waals surface area contributed by atoms with Gasteiger partial charge >= 0.3 is 0 Å². The van der Waals surface area contributed by atoms with Gasteiger partial charge in [-0.1, -0.05) is 43.3 Å². The first-order valence-corrected chi connectivity index (χ1v) is 12.5.